The average molecular weight is 336 g/mol. The Morgan fingerprint density at radius 1 is 1.05 bits per heavy atom. The summed E-state index contributed by atoms with van der Waals surface area (Å²) in [5.41, 5.74) is 1.31. The first-order valence-corrected chi connectivity index (χ1v) is 6.80. The van der Waals surface area contributed by atoms with Crippen LogP contribution in [0, 0.1) is 0 Å². The Hall–Kier alpha value is -1.58. The van der Waals surface area contributed by atoms with E-state index in [9.17, 15) is 4.79 Å². The molecule has 2 nitrogen and oxygen atoms in total. The van der Waals surface area contributed by atoms with Crippen LogP contribution in [0.4, 0.5) is 0 Å². The average Bonchev–Trinajstić information content (AvgIpc) is 2.41. The molecular formula is C15H8BrClO2. The summed E-state index contributed by atoms with van der Waals surface area (Å²) >= 11 is 9.25. The third kappa shape index (κ3) is 2.31. The molecule has 3 rings (SSSR count). The molecule has 0 amide bonds. The number of fused-ring (bicyclic) bond motifs is 1. The van der Waals surface area contributed by atoms with Crippen LogP contribution in [-0.4, -0.2) is 0 Å². The Bertz CT molecular complexity index is 806. The predicted octanol–water partition coefficient (Wildman–Crippen LogP) is 4.88. The van der Waals surface area contributed by atoms with Crippen LogP contribution >= 0.6 is 27.5 Å². The minimum Gasteiger partial charge on any atom is -0.455 e. The molecule has 0 saturated carbocycles. The van der Waals surface area contributed by atoms with E-state index in [2.05, 4.69) is 15.9 Å². The van der Waals surface area contributed by atoms with Crippen LogP contribution in [0.25, 0.3) is 22.3 Å². The van der Waals surface area contributed by atoms with E-state index < -0.39 is 0 Å². The van der Waals surface area contributed by atoms with E-state index in [0.29, 0.717) is 21.8 Å². The third-order valence-corrected chi connectivity index (χ3v) is 3.71. The summed E-state index contributed by atoms with van der Waals surface area (Å²) in [5, 5.41) is 1.21. The molecule has 19 heavy (non-hydrogen) atoms. The highest BCUT2D eigenvalue weighted by atomic mass is 79.9. The molecule has 1 heterocycles. The Balaban J connectivity index is 2.29. The summed E-state index contributed by atoms with van der Waals surface area (Å²) in [5.74, 6) is 0.529. The van der Waals surface area contributed by atoms with Gasteiger partial charge in [0.2, 0.25) is 0 Å². The van der Waals surface area contributed by atoms with E-state index in [1.807, 2.05) is 24.3 Å². The molecule has 0 fully saturated rings. The molecule has 0 unspecified atom stereocenters. The topological polar surface area (TPSA) is 30.2 Å². The van der Waals surface area contributed by atoms with Gasteiger partial charge in [0.25, 0.3) is 0 Å². The Morgan fingerprint density at radius 2 is 1.79 bits per heavy atom. The predicted molar refractivity (Wildman–Crippen MR) is 80.6 cm³/mol. The van der Waals surface area contributed by atoms with Crippen molar-refractivity contribution in [2.24, 2.45) is 0 Å². The molecule has 0 aliphatic rings. The zero-order valence-corrected chi connectivity index (χ0v) is 12.0. The summed E-state index contributed by atoms with van der Waals surface area (Å²) in [6, 6.07) is 14.1. The molecule has 0 saturated heterocycles. The van der Waals surface area contributed by atoms with Gasteiger partial charge in [0, 0.05) is 16.7 Å². The summed E-state index contributed by atoms with van der Waals surface area (Å²) < 4.78 is 6.57. The number of para-hydroxylation sites is 1. The van der Waals surface area contributed by atoms with Gasteiger partial charge in [-0.15, -0.1) is 0 Å². The summed E-state index contributed by atoms with van der Waals surface area (Å²) in [4.78, 5) is 12.1. The zero-order valence-electron chi connectivity index (χ0n) is 9.69. The van der Waals surface area contributed by atoms with Crippen molar-refractivity contribution in [3.05, 3.63) is 68.2 Å². The van der Waals surface area contributed by atoms with Crippen molar-refractivity contribution >= 4 is 38.5 Å². The van der Waals surface area contributed by atoms with E-state index in [-0.39, 0.29) is 5.43 Å². The normalized spacial score (nSPS) is 10.8. The van der Waals surface area contributed by atoms with Gasteiger partial charge in [-0.05, 0) is 52.3 Å². The smallest absolute Gasteiger partial charge is 0.193 e. The lowest BCUT2D eigenvalue weighted by Crippen LogP contribution is -2.00. The summed E-state index contributed by atoms with van der Waals surface area (Å²) in [7, 11) is 0. The fraction of sp³-hybridized carbons (Fsp3) is 0. The van der Waals surface area contributed by atoms with Gasteiger partial charge in [-0.25, -0.2) is 0 Å². The number of hydrogen-bond donors (Lipinski definition) is 0. The van der Waals surface area contributed by atoms with Crippen molar-refractivity contribution in [1.82, 2.24) is 0 Å². The molecule has 0 aliphatic heterocycles. The molecular weight excluding hydrogens is 328 g/mol. The lowest BCUT2D eigenvalue weighted by molar-refractivity contribution is 0.617. The van der Waals surface area contributed by atoms with Gasteiger partial charge in [0.1, 0.15) is 5.76 Å². The lowest BCUT2D eigenvalue weighted by Gasteiger charge is -2.04. The molecule has 4 heteroatoms. The van der Waals surface area contributed by atoms with Gasteiger partial charge in [0.15, 0.2) is 11.0 Å². The zero-order chi connectivity index (χ0) is 13.4. The van der Waals surface area contributed by atoms with Crippen molar-refractivity contribution in [3.63, 3.8) is 0 Å². The lowest BCUT2D eigenvalue weighted by atomic mass is 10.1. The number of halogens is 2. The number of rotatable bonds is 1. The van der Waals surface area contributed by atoms with Crippen molar-refractivity contribution in [2.45, 2.75) is 0 Å². The molecule has 0 atom stereocenters. The Labute approximate surface area is 122 Å². The van der Waals surface area contributed by atoms with Crippen LogP contribution in [-0.2, 0) is 0 Å². The monoisotopic (exact) mass is 334 g/mol. The van der Waals surface area contributed by atoms with Gasteiger partial charge >= 0.3 is 0 Å². The highest BCUT2D eigenvalue weighted by molar-refractivity contribution is 9.10. The first-order chi connectivity index (χ1) is 9.15. The minimum atomic E-state index is -0.0625. The third-order valence-electron chi connectivity index (χ3n) is 2.84. The van der Waals surface area contributed by atoms with Crippen molar-refractivity contribution in [2.75, 3.05) is 0 Å². The summed E-state index contributed by atoms with van der Waals surface area (Å²) in [6.07, 6.45) is 0. The van der Waals surface area contributed by atoms with Gasteiger partial charge in [-0.3, -0.25) is 4.79 Å². The maximum atomic E-state index is 12.1. The van der Waals surface area contributed by atoms with E-state index in [0.717, 1.165) is 10.0 Å². The summed E-state index contributed by atoms with van der Waals surface area (Å²) in [6.45, 7) is 0. The second-order valence-electron chi connectivity index (χ2n) is 4.10. The van der Waals surface area contributed by atoms with Crippen LogP contribution < -0.4 is 5.43 Å². The maximum absolute atomic E-state index is 12.1. The van der Waals surface area contributed by atoms with Gasteiger partial charge < -0.3 is 4.42 Å². The van der Waals surface area contributed by atoms with E-state index in [1.54, 1.807) is 18.2 Å². The molecule has 3 aromatic rings. The van der Waals surface area contributed by atoms with Crippen LogP contribution in [0.15, 0.2) is 62.2 Å². The molecule has 0 N–H and O–H groups in total. The van der Waals surface area contributed by atoms with E-state index in [1.165, 1.54) is 6.07 Å². The van der Waals surface area contributed by atoms with Gasteiger partial charge in [-0.1, -0.05) is 17.7 Å². The van der Waals surface area contributed by atoms with Crippen LogP contribution in [0.1, 0.15) is 0 Å². The quantitative estimate of drug-likeness (QED) is 0.634. The SMILES string of the molecule is O=c1cc(-c2ccc(Cl)cc2)oc2c(Br)cccc12. The van der Waals surface area contributed by atoms with E-state index in [4.69, 9.17) is 16.0 Å². The van der Waals surface area contributed by atoms with Crippen molar-refractivity contribution < 1.29 is 4.42 Å². The minimum absolute atomic E-state index is 0.0625. The highest BCUT2D eigenvalue weighted by Crippen LogP contribution is 2.27. The second-order valence-corrected chi connectivity index (χ2v) is 5.39. The van der Waals surface area contributed by atoms with E-state index >= 15 is 0 Å². The molecule has 2 aromatic carbocycles. The first kappa shape index (κ1) is 12.5. The van der Waals surface area contributed by atoms with Crippen LogP contribution in [0.5, 0.6) is 0 Å². The Morgan fingerprint density at radius 3 is 2.53 bits per heavy atom. The van der Waals surface area contributed by atoms with Crippen LogP contribution in [0.2, 0.25) is 5.02 Å². The molecule has 0 spiro atoms. The Kier molecular flexibility index (Phi) is 3.17. The standard InChI is InChI=1S/C15H8BrClO2/c16-12-3-1-2-11-13(18)8-14(19-15(11)12)9-4-6-10(17)7-5-9/h1-8H. The molecule has 0 aliphatic carbocycles. The second kappa shape index (κ2) is 4.83. The van der Waals surface area contributed by atoms with Crippen molar-refractivity contribution in [3.8, 4) is 11.3 Å². The fourth-order valence-electron chi connectivity index (χ4n) is 1.90. The number of hydrogen-bond acceptors (Lipinski definition) is 2. The maximum Gasteiger partial charge on any atom is 0.193 e. The first-order valence-electron chi connectivity index (χ1n) is 5.63. The van der Waals surface area contributed by atoms with Crippen LogP contribution in [0.3, 0.4) is 0 Å². The molecule has 0 radical (unpaired) electrons. The van der Waals surface area contributed by atoms with Crippen molar-refractivity contribution in [1.29, 1.82) is 0 Å². The highest BCUT2D eigenvalue weighted by Gasteiger charge is 2.08. The van der Waals surface area contributed by atoms with Gasteiger partial charge in [-0.2, -0.15) is 0 Å². The molecule has 0 bridgehead atoms. The van der Waals surface area contributed by atoms with Gasteiger partial charge in [0.05, 0.1) is 9.86 Å². The molecule has 1 aromatic heterocycles. The number of benzene rings is 2. The molecule has 94 valence electrons. The fourth-order valence-corrected chi connectivity index (χ4v) is 2.47. The largest absolute Gasteiger partial charge is 0.455 e.